The molecule has 19 heavy (non-hydrogen) atoms. The molecule has 1 aromatic carbocycles. The van der Waals surface area contributed by atoms with Crippen molar-refractivity contribution in [2.24, 2.45) is 0 Å². The first-order valence-corrected chi connectivity index (χ1v) is 6.92. The van der Waals surface area contributed by atoms with Crippen LogP contribution in [0.15, 0.2) is 18.2 Å². The van der Waals surface area contributed by atoms with Gasteiger partial charge in [0, 0.05) is 12.1 Å². The smallest absolute Gasteiger partial charge is 0.123 e. The summed E-state index contributed by atoms with van der Waals surface area (Å²) < 4.78 is 11.5. The van der Waals surface area contributed by atoms with Crippen LogP contribution in [0.5, 0.6) is 11.5 Å². The quantitative estimate of drug-likeness (QED) is 0.855. The van der Waals surface area contributed by atoms with E-state index in [1.807, 2.05) is 19.2 Å². The number of benzene rings is 1. The molecule has 3 nitrogen and oxygen atoms in total. The third kappa shape index (κ3) is 4.43. The number of likely N-dealkylation sites (N-methyl/N-ethyl adjacent to an activating group) is 1. The molecule has 0 aromatic heterocycles. The van der Waals surface area contributed by atoms with E-state index in [4.69, 9.17) is 9.47 Å². The molecule has 0 aliphatic carbocycles. The Morgan fingerprint density at radius 1 is 1.26 bits per heavy atom. The lowest BCUT2D eigenvalue weighted by Crippen LogP contribution is -2.29. The molecule has 0 spiro atoms. The van der Waals surface area contributed by atoms with Crippen LogP contribution in [-0.2, 0) is 5.41 Å². The van der Waals surface area contributed by atoms with Crippen molar-refractivity contribution < 1.29 is 9.47 Å². The highest BCUT2D eigenvalue weighted by Crippen LogP contribution is 2.35. The van der Waals surface area contributed by atoms with E-state index < -0.39 is 0 Å². The van der Waals surface area contributed by atoms with E-state index in [1.165, 1.54) is 5.56 Å². The summed E-state index contributed by atoms with van der Waals surface area (Å²) in [4.78, 5) is 0. The summed E-state index contributed by atoms with van der Waals surface area (Å²) in [5, 5.41) is 3.17. The zero-order valence-corrected chi connectivity index (χ0v) is 13.0. The molecule has 0 saturated heterocycles. The summed E-state index contributed by atoms with van der Waals surface area (Å²) in [7, 11) is 3.64. The Balaban J connectivity index is 3.05. The predicted molar refractivity (Wildman–Crippen MR) is 80.3 cm³/mol. The van der Waals surface area contributed by atoms with E-state index >= 15 is 0 Å². The number of ether oxygens (including phenoxy) is 2. The molecule has 0 heterocycles. The second kappa shape index (κ2) is 6.80. The Bertz CT molecular complexity index is 396. The summed E-state index contributed by atoms with van der Waals surface area (Å²) in [5.74, 6) is 1.83. The Hall–Kier alpha value is -1.22. The van der Waals surface area contributed by atoms with Crippen molar-refractivity contribution in [2.75, 3.05) is 20.7 Å². The predicted octanol–water partition coefficient (Wildman–Crippen LogP) is 3.37. The minimum atomic E-state index is 0.0296. The minimum Gasteiger partial charge on any atom is -0.497 e. The Kier molecular flexibility index (Phi) is 5.67. The maximum Gasteiger partial charge on any atom is 0.123 e. The van der Waals surface area contributed by atoms with Gasteiger partial charge >= 0.3 is 0 Å². The number of hydrogen-bond acceptors (Lipinski definition) is 3. The topological polar surface area (TPSA) is 30.5 Å². The van der Waals surface area contributed by atoms with Crippen LogP contribution in [0, 0.1) is 0 Å². The molecule has 0 fully saturated rings. The molecule has 1 aromatic rings. The van der Waals surface area contributed by atoms with Gasteiger partial charge in [-0.05, 0) is 37.1 Å². The highest BCUT2D eigenvalue weighted by atomic mass is 16.5. The van der Waals surface area contributed by atoms with E-state index in [0.717, 1.165) is 24.5 Å². The second-order valence-corrected chi connectivity index (χ2v) is 5.82. The molecule has 1 unspecified atom stereocenters. The van der Waals surface area contributed by atoms with Crippen LogP contribution in [0.3, 0.4) is 0 Å². The maximum atomic E-state index is 6.14. The standard InChI is InChI=1S/C16H27NO2/c1-7-12(11-17-5)19-15-9-8-13(18-6)10-14(15)16(2,3)4/h8-10,12,17H,7,11H2,1-6H3. The highest BCUT2D eigenvalue weighted by molar-refractivity contribution is 5.44. The molecule has 0 aliphatic rings. The lowest BCUT2D eigenvalue weighted by atomic mass is 9.86. The van der Waals surface area contributed by atoms with E-state index in [0.29, 0.717) is 0 Å². The van der Waals surface area contributed by atoms with Crippen LogP contribution < -0.4 is 14.8 Å². The Morgan fingerprint density at radius 3 is 2.42 bits per heavy atom. The van der Waals surface area contributed by atoms with Crippen LogP contribution in [0.4, 0.5) is 0 Å². The summed E-state index contributed by atoms with van der Waals surface area (Å²) in [6.45, 7) is 9.56. The molecule has 3 heteroatoms. The van der Waals surface area contributed by atoms with Gasteiger partial charge in [0.15, 0.2) is 0 Å². The van der Waals surface area contributed by atoms with Gasteiger partial charge in [-0.25, -0.2) is 0 Å². The zero-order chi connectivity index (χ0) is 14.5. The van der Waals surface area contributed by atoms with Crippen molar-refractivity contribution in [3.8, 4) is 11.5 Å². The molecular weight excluding hydrogens is 238 g/mol. The van der Waals surface area contributed by atoms with Crippen LogP contribution in [0.2, 0.25) is 0 Å². The zero-order valence-electron chi connectivity index (χ0n) is 13.0. The number of nitrogens with one attached hydrogen (secondary N) is 1. The number of hydrogen-bond donors (Lipinski definition) is 1. The van der Waals surface area contributed by atoms with Gasteiger partial charge < -0.3 is 14.8 Å². The summed E-state index contributed by atoms with van der Waals surface area (Å²) >= 11 is 0. The summed E-state index contributed by atoms with van der Waals surface area (Å²) in [6, 6.07) is 6.04. The molecule has 0 amide bonds. The molecule has 0 aliphatic heterocycles. The first kappa shape index (κ1) is 15.8. The fourth-order valence-electron chi connectivity index (χ4n) is 2.00. The first-order chi connectivity index (χ1) is 8.92. The van der Waals surface area contributed by atoms with Crippen molar-refractivity contribution in [2.45, 2.75) is 45.6 Å². The molecule has 1 atom stereocenters. The fraction of sp³-hybridized carbons (Fsp3) is 0.625. The van der Waals surface area contributed by atoms with Crippen molar-refractivity contribution in [1.29, 1.82) is 0 Å². The Labute approximate surface area is 117 Å². The molecular formula is C16H27NO2. The van der Waals surface area contributed by atoms with E-state index in [1.54, 1.807) is 7.11 Å². The van der Waals surface area contributed by atoms with E-state index in [2.05, 4.69) is 39.1 Å². The highest BCUT2D eigenvalue weighted by Gasteiger charge is 2.21. The summed E-state index contributed by atoms with van der Waals surface area (Å²) in [5.41, 5.74) is 1.21. The largest absolute Gasteiger partial charge is 0.497 e. The Morgan fingerprint density at radius 2 is 1.95 bits per heavy atom. The summed E-state index contributed by atoms with van der Waals surface area (Å²) in [6.07, 6.45) is 1.18. The average Bonchev–Trinajstić information content (AvgIpc) is 2.37. The lowest BCUT2D eigenvalue weighted by molar-refractivity contribution is 0.192. The molecule has 0 radical (unpaired) electrons. The normalized spacial score (nSPS) is 13.2. The molecule has 108 valence electrons. The van der Waals surface area contributed by atoms with Gasteiger partial charge in [-0.3, -0.25) is 0 Å². The van der Waals surface area contributed by atoms with Gasteiger partial charge in [-0.1, -0.05) is 27.7 Å². The fourth-order valence-corrected chi connectivity index (χ4v) is 2.00. The van der Waals surface area contributed by atoms with Crippen LogP contribution in [0.1, 0.15) is 39.7 Å². The minimum absolute atomic E-state index is 0.0296. The van der Waals surface area contributed by atoms with Crippen LogP contribution >= 0.6 is 0 Å². The van der Waals surface area contributed by atoms with E-state index in [9.17, 15) is 0 Å². The molecule has 1 N–H and O–H groups in total. The maximum absolute atomic E-state index is 6.14. The molecule has 0 bridgehead atoms. The first-order valence-electron chi connectivity index (χ1n) is 6.92. The molecule has 1 rings (SSSR count). The number of methoxy groups -OCH3 is 1. The van der Waals surface area contributed by atoms with Gasteiger partial charge in [0.05, 0.1) is 7.11 Å². The monoisotopic (exact) mass is 265 g/mol. The van der Waals surface area contributed by atoms with Crippen molar-refractivity contribution in [3.63, 3.8) is 0 Å². The second-order valence-electron chi connectivity index (χ2n) is 5.82. The van der Waals surface area contributed by atoms with Gasteiger partial charge in [-0.2, -0.15) is 0 Å². The van der Waals surface area contributed by atoms with Crippen molar-refractivity contribution >= 4 is 0 Å². The van der Waals surface area contributed by atoms with Crippen LogP contribution in [-0.4, -0.2) is 26.8 Å². The van der Waals surface area contributed by atoms with Gasteiger partial charge in [-0.15, -0.1) is 0 Å². The van der Waals surface area contributed by atoms with Gasteiger partial charge in [0.25, 0.3) is 0 Å². The van der Waals surface area contributed by atoms with Crippen molar-refractivity contribution in [1.82, 2.24) is 5.32 Å². The van der Waals surface area contributed by atoms with Crippen molar-refractivity contribution in [3.05, 3.63) is 23.8 Å². The van der Waals surface area contributed by atoms with E-state index in [-0.39, 0.29) is 11.5 Å². The third-order valence-electron chi connectivity index (χ3n) is 3.18. The van der Waals surface area contributed by atoms with Gasteiger partial charge in [0.2, 0.25) is 0 Å². The van der Waals surface area contributed by atoms with Gasteiger partial charge in [0.1, 0.15) is 17.6 Å². The lowest BCUT2D eigenvalue weighted by Gasteiger charge is -2.26. The average molecular weight is 265 g/mol. The SMILES string of the molecule is CCC(CNC)Oc1ccc(OC)cc1C(C)(C)C. The van der Waals surface area contributed by atoms with Crippen LogP contribution in [0.25, 0.3) is 0 Å². The molecule has 0 saturated carbocycles. The third-order valence-corrected chi connectivity index (χ3v) is 3.18. The number of rotatable bonds is 6.